The largest absolute Gasteiger partial charge is 0.466 e. The second-order valence-electron chi connectivity index (χ2n) is 5.12. The van der Waals surface area contributed by atoms with Gasteiger partial charge < -0.3 is 14.2 Å². The van der Waals surface area contributed by atoms with Crippen LogP contribution in [0.3, 0.4) is 0 Å². The van der Waals surface area contributed by atoms with E-state index in [9.17, 15) is 9.59 Å². The summed E-state index contributed by atoms with van der Waals surface area (Å²) in [5.41, 5.74) is 0. The molecule has 1 saturated carbocycles. The van der Waals surface area contributed by atoms with Gasteiger partial charge in [0.25, 0.3) is 0 Å². The van der Waals surface area contributed by atoms with E-state index in [1.165, 1.54) is 0 Å². The van der Waals surface area contributed by atoms with Crippen LogP contribution in [0.15, 0.2) is 0 Å². The van der Waals surface area contributed by atoms with Crippen LogP contribution < -0.4 is 0 Å². The van der Waals surface area contributed by atoms with Crippen molar-refractivity contribution >= 4 is 11.9 Å². The van der Waals surface area contributed by atoms with Gasteiger partial charge in [-0.25, -0.2) is 4.79 Å². The van der Waals surface area contributed by atoms with E-state index in [2.05, 4.69) is 0 Å². The smallest absolute Gasteiger partial charge is 0.335 e. The fourth-order valence-electron chi connectivity index (χ4n) is 2.17. The first-order chi connectivity index (χ1) is 9.67. The van der Waals surface area contributed by atoms with Gasteiger partial charge in [0.1, 0.15) is 0 Å². The lowest BCUT2D eigenvalue weighted by atomic mass is 10.2. The fraction of sp³-hybridized carbons (Fsp3) is 0.867. The van der Waals surface area contributed by atoms with Crippen LogP contribution in [-0.4, -0.2) is 37.4 Å². The highest BCUT2D eigenvalue weighted by atomic mass is 16.6. The molecule has 20 heavy (non-hydrogen) atoms. The first kappa shape index (κ1) is 17.0. The van der Waals surface area contributed by atoms with Gasteiger partial charge in [0.2, 0.25) is 0 Å². The molecule has 0 bridgehead atoms. The lowest BCUT2D eigenvalue weighted by molar-refractivity contribution is -0.167. The molecule has 0 amide bonds. The molecule has 1 fully saturated rings. The molecule has 116 valence electrons. The number of rotatable bonds is 9. The SMILES string of the molecule is CCCOC(=O)CC(OC1CCCC1)C(=O)OCCC. The lowest BCUT2D eigenvalue weighted by Crippen LogP contribution is -2.33. The van der Waals surface area contributed by atoms with Crippen molar-refractivity contribution in [2.45, 2.75) is 71.0 Å². The second kappa shape index (κ2) is 9.75. The van der Waals surface area contributed by atoms with Crippen LogP contribution in [0.2, 0.25) is 0 Å². The summed E-state index contributed by atoms with van der Waals surface area (Å²) in [6, 6.07) is 0. The Morgan fingerprint density at radius 3 is 2.25 bits per heavy atom. The molecule has 5 nitrogen and oxygen atoms in total. The minimum Gasteiger partial charge on any atom is -0.466 e. The second-order valence-corrected chi connectivity index (χ2v) is 5.12. The molecule has 1 atom stereocenters. The molecule has 0 aromatic rings. The Labute approximate surface area is 121 Å². The molecule has 0 N–H and O–H groups in total. The van der Waals surface area contributed by atoms with Crippen LogP contribution in [0.4, 0.5) is 0 Å². The molecule has 0 aromatic carbocycles. The van der Waals surface area contributed by atoms with E-state index in [0.717, 1.165) is 38.5 Å². The van der Waals surface area contributed by atoms with Crippen molar-refractivity contribution in [2.75, 3.05) is 13.2 Å². The van der Waals surface area contributed by atoms with Gasteiger partial charge >= 0.3 is 11.9 Å². The summed E-state index contributed by atoms with van der Waals surface area (Å²) in [5.74, 6) is -0.851. The highest BCUT2D eigenvalue weighted by molar-refractivity contribution is 5.81. The zero-order valence-corrected chi connectivity index (χ0v) is 12.6. The summed E-state index contributed by atoms with van der Waals surface area (Å²) in [7, 11) is 0. The Balaban J connectivity index is 2.48. The number of hydrogen-bond acceptors (Lipinski definition) is 5. The third-order valence-corrected chi connectivity index (χ3v) is 3.19. The van der Waals surface area contributed by atoms with Crippen LogP contribution in [0.25, 0.3) is 0 Å². The van der Waals surface area contributed by atoms with Crippen molar-refractivity contribution in [3.05, 3.63) is 0 Å². The molecular formula is C15H26O5. The van der Waals surface area contributed by atoms with E-state index in [0.29, 0.717) is 13.2 Å². The summed E-state index contributed by atoms with van der Waals surface area (Å²) in [6.07, 6.45) is 4.82. The van der Waals surface area contributed by atoms with Crippen molar-refractivity contribution in [3.8, 4) is 0 Å². The fourth-order valence-corrected chi connectivity index (χ4v) is 2.17. The Kier molecular flexibility index (Phi) is 8.26. The van der Waals surface area contributed by atoms with E-state index < -0.39 is 18.0 Å². The zero-order chi connectivity index (χ0) is 14.8. The average molecular weight is 286 g/mol. The highest BCUT2D eigenvalue weighted by Gasteiger charge is 2.29. The third-order valence-electron chi connectivity index (χ3n) is 3.19. The maximum Gasteiger partial charge on any atom is 0.335 e. The summed E-state index contributed by atoms with van der Waals surface area (Å²) < 4.78 is 15.9. The van der Waals surface area contributed by atoms with E-state index >= 15 is 0 Å². The van der Waals surface area contributed by atoms with Gasteiger partial charge in [0, 0.05) is 0 Å². The van der Waals surface area contributed by atoms with Gasteiger partial charge in [-0.1, -0.05) is 26.7 Å². The first-order valence-corrected chi connectivity index (χ1v) is 7.65. The molecule has 1 unspecified atom stereocenters. The Morgan fingerprint density at radius 1 is 1.05 bits per heavy atom. The van der Waals surface area contributed by atoms with E-state index in [4.69, 9.17) is 14.2 Å². The van der Waals surface area contributed by atoms with Crippen LogP contribution in [0.1, 0.15) is 58.8 Å². The molecule has 1 rings (SSSR count). The topological polar surface area (TPSA) is 61.8 Å². The van der Waals surface area contributed by atoms with Gasteiger partial charge in [0.15, 0.2) is 6.10 Å². The van der Waals surface area contributed by atoms with Crippen molar-refractivity contribution < 1.29 is 23.8 Å². The predicted molar refractivity (Wildman–Crippen MR) is 74.2 cm³/mol. The lowest BCUT2D eigenvalue weighted by Gasteiger charge is -2.20. The van der Waals surface area contributed by atoms with Crippen LogP contribution in [0, 0.1) is 0 Å². The summed E-state index contributed by atoms with van der Waals surface area (Å²) >= 11 is 0. The number of carbonyl (C=O) groups excluding carboxylic acids is 2. The molecule has 1 aliphatic rings. The standard InChI is InChI=1S/C15H26O5/c1-3-9-18-14(16)11-13(15(17)19-10-4-2)20-12-7-5-6-8-12/h12-13H,3-11H2,1-2H3. The summed E-state index contributed by atoms with van der Waals surface area (Å²) in [4.78, 5) is 23.6. The van der Waals surface area contributed by atoms with Crippen LogP contribution in [0.5, 0.6) is 0 Å². The average Bonchev–Trinajstić information content (AvgIpc) is 2.94. The van der Waals surface area contributed by atoms with Crippen molar-refractivity contribution in [1.29, 1.82) is 0 Å². The summed E-state index contributed by atoms with van der Waals surface area (Å²) in [5, 5.41) is 0. The Morgan fingerprint density at radius 2 is 1.65 bits per heavy atom. The molecule has 0 heterocycles. The molecule has 0 aliphatic heterocycles. The molecule has 1 aliphatic carbocycles. The van der Waals surface area contributed by atoms with Crippen molar-refractivity contribution in [2.24, 2.45) is 0 Å². The quantitative estimate of drug-likeness (QED) is 0.610. The maximum absolute atomic E-state index is 11.9. The van der Waals surface area contributed by atoms with Crippen molar-refractivity contribution in [1.82, 2.24) is 0 Å². The highest BCUT2D eigenvalue weighted by Crippen LogP contribution is 2.23. The zero-order valence-electron chi connectivity index (χ0n) is 12.6. The Hall–Kier alpha value is -1.10. The normalized spacial score (nSPS) is 16.9. The van der Waals surface area contributed by atoms with Crippen LogP contribution in [-0.2, 0) is 23.8 Å². The van der Waals surface area contributed by atoms with Gasteiger partial charge in [-0.05, 0) is 25.7 Å². The first-order valence-electron chi connectivity index (χ1n) is 7.65. The monoisotopic (exact) mass is 286 g/mol. The van der Waals surface area contributed by atoms with E-state index in [-0.39, 0.29) is 12.5 Å². The molecule has 0 radical (unpaired) electrons. The molecule has 0 saturated heterocycles. The van der Waals surface area contributed by atoms with Crippen molar-refractivity contribution in [3.63, 3.8) is 0 Å². The minimum atomic E-state index is -0.825. The van der Waals surface area contributed by atoms with E-state index in [1.54, 1.807) is 0 Å². The van der Waals surface area contributed by atoms with Gasteiger partial charge in [-0.3, -0.25) is 4.79 Å². The number of esters is 2. The van der Waals surface area contributed by atoms with Gasteiger partial charge in [0.05, 0.1) is 25.7 Å². The third kappa shape index (κ3) is 6.37. The molecule has 5 heteroatoms. The maximum atomic E-state index is 11.9. The van der Waals surface area contributed by atoms with Gasteiger partial charge in [-0.2, -0.15) is 0 Å². The predicted octanol–water partition coefficient (Wildman–Crippen LogP) is 2.61. The molecule has 0 spiro atoms. The van der Waals surface area contributed by atoms with E-state index in [1.807, 2.05) is 13.8 Å². The Bertz CT molecular complexity index is 297. The summed E-state index contributed by atoms with van der Waals surface area (Å²) in [6.45, 7) is 4.58. The number of ether oxygens (including phenoxy) is 3. The number of hydrogen-bond donors (Lipinski definition) is 0. The van der Waals surface area contributed by atoms with Gasteiger partial charge in [-0.15, -0.1) is 0 Å². The molecular weight excluding hydrogens is 260 g/mol. The molecule has 0 aromatic heterocycles. The van der Waals surface area contributed by atoms with Crippen LogP contribution >= 0.6 is 0 Å². The minimum absolute atomic E-state index is 0.0565. The number of carbonyl (C=O) groups is 2.